The first-order chi connectivity index (χ1) is 18.4. The number of hydrogen-bond acceptors (Lipinski definition) is 10. The average Bonchev–Trinajstić information content (AvgIpc) is 3.47. The van der Waals surface area contributed by atoms with Gasteiger partial charge in [0, 0.05) is 31.2 Å². The van der Waals surface area contributed by atoms with Crippen LogP contribution in [-0.4, -0.2) is 51.7 Å². The molecule has 2 unspecified atom stereocenters. The number of fused-ring (bicyclic) bond motifs is 1. The lowest BCUT2D eigenvalue weighted by atomic mass is 10.1. The third-order valence-corrected chi connectivity index (χ3v) is 10.3. The Kier molecular flexibility index (Phi) is 6.73. The summed E-state index contributed by atoms with van der Waals surface area (Å²) in [7, 11) is -3.35. The molecule has 2 saturated carbocycles. The Hall–Kier alpha value is -3.18. The van der Waals surface area contributed by atoms with Crippen molar-refractivity contribution >= 4 is 43.2 Å². The van der Waals surface area contributed by atoms with Crippen LogP contribution in [0.5, 0.6) is 0 Å². The quantitative estimate of drug-likeness (QED) is 0.296. The molecule has 198 valence electrons. The van der Waals surface area contributed by atoms with Crippen molar-refractivity contribution in [2.24, 2.45) is 11.8 Å². The van der Waals surface area contributed by atoms with Gasteiger partial charge in [-0.2, -0.15) is 4.98 Å². The van der Waals surface area contributed by atoms with Crippen LogP contribution in [0.2, 0.25) is 0 Å². The van der Waals surface area contributed by atoms with Gasteiger partial charge in [-0.15, -0.1) is 11.3 Å². The fraction of sp³-hybridized carbons (Fsp3) is 0.444. The molecule has 0 bridgehead atoms. The zero-order valence-corrected chi connectivity index (χ0v) is 23.1. The number of anilines is 2. The highest BCUT2D eigenvalue weighted by Gasteiger charge is 2.31. The largest absolute Gasteiger partial charge is 0.367 e. The third-order valence-electron chi connectivity index (χ3n) is 7.39. The normalized spacial score (nSPS) is 19.6. The maximum atomic E-state index is 12.9. The average molecular weight is 550 g/mol. The molecule has 11 heteroatoms. The molecule has 9 nitrogen and oxygen atoms in total. The molecular weight excluding hydrogens is 518 g/mol. The van der Waals surface area contributed by atoms with Crippen LogP contribution in [0.4, 0.5) is 11.8 Å². The van der Waals surface area contributed by atoms with Crippen LogP contribution in [0, 0.1) is 25.7 Å². The minimum absolute atomic E-state index is 0.0840. The van der Waals surface area contributed by atoms with Crippen molar-refractivity contribution in [1.29, 1.82) is 0 Å². The number of aryl methyl sites for hydroxylation is 2. The van der Waals surface area contributed by atoms with Gasteiger partial charge in [0.25, 0.3) is 0 Å². The highest BCUT2D eigenvalue weighted by atomic mass is 32.2. The summed E-state index contributed by atoms with van der Waals surface area (Å²) >= 11 is 1.61. The van der Waals surface area contributed by atoms with Crippen molar-refractivity contribution in [3.63, 3.8) is 0 Å². The summed E-state index contributed by atoms with van der Waals surface area (Å²) < 4.78 is 27.0. The molecule has 4 heterocycles. The lowest BCUT2D eigenvalue weighted by Gasteiger charge is -2.18. The highest BCUT2D eigenvalue weighted by molar-refractivity contribution is 7.91. The molecular formula is C27H31N7O2S2. The zero-order chi connectivity index (χ0) is 26.3. The van der Waals surface area contributed by atoms with E-state index in [1.54, 1.807) is 23.5 Å². The Morgan fingerprint density at radius 1 is 0.947 bits per heavy atom. The molecule has 0 radical (unpaired) electrons. The Bertz CT molecular complexity index is 1570. The van der Waals surface area contributed by atoms with E-state index in [2.05, 4.69) is 20.6 Å². The van der Waals surface area contributed by atoms with E-state index < -0.39 is 9.84 Å². The number of hydrogen-bond donors (Lipinski definition) is 2. The molecule has 4 aromatic heterocycles. The van der Waals surface area contributed by atoms with Crippen molar-refractivity contribution in [2.45, 2.75) is 56.9 Å². The third kappa shape index (κ3) is 5.35. The van der Waals surface area contributed by atoms with Crippen LogP contribution < -0.4 is 10.6 Å². The van der Waals surface area contributed by atoms with E-state index in [0.29, 0.717) is 16.8 Å². The van der Waals surface area contributed by atoms with Gasteiger partial charge in [0.05, 0.1) is 32.3 Å². The van der Waals surface area contributed by atoms with Gasteiger partial charge in [-0.3, -0.25) is 9.97 Å². The van der Waals surface area contributed by atoms with Gasteiger partial charge in [0.2, 0.25) is 5.95 Å². The van der Waals surface area contributed by atoms with E-state index in [1.807, 2.05) is 26.1 Å². The maximum absolute atomic E-state index is 12.9. The SMILES string of the molecule is Cc1nc(NCC2CC2)nc(NC2CCC(CS(=O)(=O)c3ccncc3)C2)c1-c1nc2c(C)nccc2s1. The molecule has 0 spiro atoms. The fourth-order valence-electron chi connectivity index (χ4n) is 5.16. The number of aromatic nitrogens is 5. The number of thiazole rings is 1. The van der Waals surface area contributed by atoms with E-state index in [1.165, 1.54) is 25.2 Å². The lowest BCUT2D eigenvalue weighted by Crippen LogP contribution is -2.21. The van der Waals surface area contributed by atoms with Crippen LogP contribution in [-0.2, 0) is 9.84 Å². The predicted molar refractivity (Wildman–Crippen MR) is 150 cm³/mol. The van der Waals surface area contributed by atoms with Gasteiger partial charge < -0.3 is 10.6 Å². The summed E-state index contributed by atoms with van der Waals surface area (Å²) in [5.74, 6) is 2.30. The molecule has 2 N–H and O–H groups in total. The highest BCUT2D eigenvalue weighted by Crippen LogP contribution is 2.39. The number of pyridine rings is 2. The van der Waals surface area contributed by atoms with Gasteiger partial charge in [0.1, 0.15) is 16.3 Å². The summed E-state index contributed by atoms with van der Waals surface area (Å²) in [6, 6.07) is 5.25. The van der Waals surface area contributed by atoms with Gasteiger partial charge in [-0.05, 0) is 76.0 Å². The number of rotatable bonds is 9. The zero-order valence-electron chi connectivity index (χ0n) is 21.5. The molecule has 6 rings (SSSR count). The number of nitrogens with one attached hydrogen (secondary N) is 2. The Morgan fingerprint density at radius 3 is 2.50 bits per heavy atom. The summed E-state index contributed by atoms with van der Waals surface area (Å²) in [4.78, 5) is 23.3. The van der Waals surface area contributed by atoms with E-state index in [-0.39, 0.29) is 17.7 Å². The maximum Gasteiger partial charge on any atom is 0.224 e. The lowest BCUT2D eigenvalue weighted by molar-refractivity contribution is 0.555. The second kappa shape index (κ2) is 10.2. The van der Waals surface area contributed by atoms with Gasteiger partial charge in [-0.1, -0.05) is 0 Å². The second-order valence-corrected chi connectivity index (χ2v) is 13.5. The van der Waals surface area contributed by atoms with Crippen LogP contribution >= 0.6 is 11.3 Å². The van der Waals surface area contributed by atoms with E-state index in [9.17, 15) is 8.42 Å². The molecule has 2 fully saturated rings. The summed E-state index contributed by atoms with van der Waals surface area (Å²) in [5.41, 5.74) is 3.56. The molecule has 0 amide bonds. The topological polar surface area (TPSA) is 123 Å². The van der Waals surface area contributed by atoms with Gasteiger partial charge >= 0.3 is 0 Å². The smallest absolute Gasteiger partial charge is 0.224 e. The minimum atomic E-state index is -3.35. The van der Waals surface area contributed by atoms with E-state index in [0.717, 1.165) is 63.8 Å². The van der Waals surface area contributed by atoms with Crippen molar-refractivity contribution in [3.8, 4) is 10.6 Å². The molecule has 0 aromatic carbocycles. The van der Waals surface area contributed by atoms with E-state index >= 15 is 0 Å². The first-order valence-corrected chi connectivity index (χ1v) is 15.6. The minimum Gasteiger partial charge on any atom is -0.367 e. The first-order valence-electron chi connectivity index (χ1n) is 13.1. The molecule has 0 saturated heterocycles. The van der Waals surface area contributed by atoms with Crippen LogP contribution in [0.25, 0.3) is 20.8 Å². The fourth-order valence-corrected chi connectivity index (χ4v) is 7.92. The molecule has 38 heavy (non-hydrogen) atoms. The van der Waals surface area contributed by atoms with Gasteiger partial charge in [-0.25, -0.2) is 18.4 Å². The summed E-state index contributed by atoms with van der Waals surface area (Å²) in [6.45, 7) is 4.85. The Morgan fingerprint density at radius 2 is 1.74 bits per heavy atom. The predicted octanol–water partition coefficient (Wildman–Crippen LogP) is 5.04. The molecule has 2 atom stereocenters. The Labute approximate surface area is 226 Å². The van der Waals surface area contributed by atoms with E-state index in [4.69, 9.17) is 15.0 Å². The Balaban J connectivity index is 1.26. The van der Waals surface area contributed by atoms with Crippen molar-refractivity contribution in [1.82, 2.24) is 24.9 Å². The van der Waals surface area contributed by atoms with Gasteiger partial charge in [0.15, 0.2) is 9.84 Å². The second-order valence-electron chi connectivity index (χ2n) is 10.4. The van der Waals surface area contributed by atoms with Crippen molar-refractivity contribution < 1.29 is 8.42 Å². The van der Waals surface area contributed by atoms with Crippen molar-refractivity contribution in [3.05, 3.63) is 48.2 Å². The standard InChI is InChI=1S/C27H31N7O2S2/c1-16-23(26-33-24-17(2)29-12-9-22(24)37-26)25(34-27(31-16)30-14-18-3-4-18)32-20-6-5-19(13-20)15-38(35,36)21-7-10-28-11-8-21/h7-12,18-20H,3-6,13-15H2,1-2H3,(H2,30,31,32,34). The monoisotopic (exact) mass is 549 g/mol. The number of sulfone groups is 1. The van der Waals surface area contributed by atoms with Crippen LogP contribution in [0.15, 0.2) is 41.7 Å². The summed E-state index contributed by atoms with van der Waals surface area (Å²) in [5, 5.41) is 7.93. The summed E-state index contributed by atoms with van der Waals surface area (Å²) in [6.07, 6.45) is 9.86. The molecule has 4 aromatic rings. The first kappa shape index (κ1) is 25.1. The van der Waals surface area contributed by atoms with Crippen LogP contribution in [0.1, 0.15) is 43.5 Å². The van der Waals surface area contributed by atoms with Crippen molar-refractivity contribution in [2.75, 3.05) is 22.9 Å². The molecule has 2 aliphatic carbocycles. The number of nitrogens with zero attached hydrogens (tertiary/aromatic N) is 5. The van der Waals surface area contributed by atoms with Crippen LogP contribution in [0.3, 0.4) is 0 Å². The molecule has 2 aliphatic rings. The molecule has 0 aliphatic heterocycles.